The first-order chi connectivity index (χ1) is 16.9. The molecule has 182 valence electrons. The molecule has 2 aromatic rings. The average Bonchev–Trinajstić information content (AvgIpc) is 3.50. The number of hydrogen-bond acceptors (Lipinski definition) is 6. The van der Waals surface area contributed by atoms with Crippen molar-refractivity contribution in [3.05, 3.63) is 68.2 Å². The van der Waals surface area contributed by atoms with Crippen LogP contribution in [0.15, 0.2) is 52.2 Å². The maximum absolute atomic E-state index is 13.5. The predicted molar refractivity (Wildman–Crippen MR) is 131 cm³/mol. The standard InChI is InChI=1S/C26H26F2N4O2S/c1-2-14-10-29-24-17(14)5-6-20(24)31-25(34)22-7-4-16(35-22)9-15-3-8-23(30-21(15)13-33)32-11-18-19(12-32)26(18,27)28/h2-4,7-8,10,18-20,33H,5-6,9,11-13H2,1H3,(H,31,34)/b14-2+/t18?,19?,20-/m1/s1. The summed E-state index contributed by atoms with van der Waals surface area (Å²) in [6.45, 7) is 2.38. The van der Waals surface area contributed by atoms with E-state index in [1.165, 1.54) is 16.9 Å². The summed E-state index contributed by atoms with van der Waals surface area (Å²) >= 11 is 1.42. The molecule has 9 heteroatoms. The van der Waals surface area contributed by atoms with Gasteiger partial charge in [0.2, 0.25) is 0 Å². The number of aliphatic hydroxyl groups excluding tert-OH is 1. The number of alkyl halides is 2. The van der Waals surface area contributed by atoms with E-state index in [2.05, 4.69) is 21.4 Å². The van der Waals surface area contributed by atoms with Crippen LogP contribution in [0, 0.1) is 11.8 Å². The lowest BCUT2D eigenvalue weighted by Gasteiger charge is -2.22. The van der Waals surface area contributed by atoms with Gasteiger partial charge in [-0.3, -0.25) is 9.79 Å². The molecule has 4 aliphatic rings. The Morgan fingerprint density at radius 2 is 2.09 bits per heavy atom. The van der Waals surface area contributed by atoms with Crippen LogP contribution < -0.4 is 10.2 Å². The molecule has 1 amide bonds. The smallest absolute Gasteiger partial charge is 0.261 e. The van der Waals surface area contributed by atoms with E-state index in [4.69, 9.17) is 0 Å². The number of nitrogens with zero attached hydrogens (tertiary/aromatic N) is 3. The first kappa shape index (κ1) is 22.5. The molecule has 2 aromatic heterocycles. The summed E-state index contributed by atoms with van der Waals surface area (Å²) < 4.78 is 27.0. The van der Waals surface area contributed by atoms with E-state index in [0.717, 1.165) is 34.6 Å². The molecule has 1 saturated carbocycles. The Balaban J connectivity index is 1.11. The molecule has 0 aromatic carbocycles. The third-order valence-electron chi connectivity index (χ3n) is 7.61. The molecule has 0 spiro atoms. The number of aromatic nitrogens is 1. The summed E-state index contributed by atoms with van der Waals surface area (Å²) in [6, 6.07) is 7.43. The molecule has 2 fully saturated rings. The van der Waals surface area contributed by atoms with Gasteiger partial charge >= 0.3 is 0 Å². The molecular formula is C26H26F2N4O2S. The van der Waals surface area contributed by atoms with Gasteiger partial charge in [-0.15, -0.1) is 11.3 Å². The van der Waals surface area contributed by atoms with Crippen LogP contribution in [0.4, 0.5) is 14.6 Å². The van der Waals surface area contributed by atoms with Gasteiger partial charge in [-0.25, -0.2) is 13.8 Å². The fourth-order valence-electron chi connectivity index (χ4n) is 5.53. The Labute approximate surface area is 206 Å². The number of aliphatic hydroxyl groups is 1. The van der Waals surface area contributed by atoms with Crippen molar-refractivity contribution in [2.45, 2.75) is 44.8 Å². The molecule has 35 heavy (non-hydrogen) atoms. The lowest BCUT2D eigenvalue weighted by atomic mass is 10.1. The maximum atomic E-state index is 13.5. The fraction of sp³-hybridized carbons (Fsp3) is 0.423. The zero-order valence-corrected chi connectivity index (χ0v) is 20.1. The Morgan fingerprint density at radius 1 is 1.29 bits per heavy atom. The van der Waals surface area contributed by atoms with Crippen LogP contribution >= 0.6 is 11.3 Å². The van der Waals surface area contributed by atoms with Crippen molar-refractivity contribution in [3.8, 4) is 0 Å². The van der Waals surface area contributed by atoms with Crippen LogP contribution in [0.5, 0.6) is 0 Å². The SMILES string of the molecule is C/C=C1\C=NC2=C1CC[C@H]2NC(=O)c1ccc(Cc2ccc(N3CC4C(C3)C4(F)F)nc2CO)s1. The molecule has 6 rings (SSSR count). The van der Waals surface area contributed by atoms with E-state index in [0.29, 0.717) is 35.9 Å². The number of nitrogens with one attached hydrogen (secondary N) is 1. The minimum Gasteiger partial charge on any atom is -0.390 e. The van der Waals surface area contributed by atoms with Crippen molar-refractivity contribution < 1.29 is 18.7 Å². The summed E-state index contributed by atoms with van der Waals surface area (Å²) in [5.41, 5.74) is 4.76. The van der Waals surface area contributed by atoms with Crippen molar-refractivity contribution in [1.82, 2.24) is 10.3 Å². The van der Waals surface area contributed by atoms with Crippen LogP contribution in [0.25, 0.3) is 0 Å². The summed E-state index contributed by atoms with van der Waals surface area (Å²) in [4.78, 5) is 25.5. The van der Waals surface area contributed by atoms with Crippen LogP contribution in [-0.2, 0) is 13.0 Å². The van der Waals surface area contributed by atoms with Gasteiger partial charge in [-0.05, 0) is 54.7 Å². The second-order valence-corrected chi connectivity index (χ2v) is 10.8. The Hall–Kier alpha value is -2.91. The van der Waals surface area contributed by atoms with E-state index in [1.807, 2.05) is 42.3 Å². The number of thiophene rings is 1. The van der Waals surface area contributed by atoms with Crippen LogP contribution in [0.2, 0.25) is 0 Å². The van der Waals surface area contributed by atoms with E-state index in [1.54, 1.807) is 0 Å². The molecule has 1 saturated heterocycles. The number of fused-ring (bicyclic) bond motifs is 1. The van der Waals surface area contributed by atoms with E-state index < -0.39 is 17.8 Å². The zero-order valence-electron chi connectivity index (χ0n) is 19.3. The number of allylic oxidation sites excluding steroid dienone is 3. The highest BCUT2D eigenvalue weighted by Crippen LogP contribution is 2.59. The minimum atomic E-state index is -2.53. The second-order valence-electron chi connectivity index (χ2n) is 9.60. The quantitative estimate of drug-likeness (QED) is 0.631. The molecule has 2 aliphatic carbocycles. The fourth-order valence-corrected chi connectivity index (χ4v) is 6.46. The number of amides is 1. The Kier molecular flexibility index (Phi) is 5.37. The number of carbonyl (C=O) groups excluding carboxylic acids is 1. The van der Waals surface area contributed by atoms with Crippen molar-refractivity contribution >= 4 is 29.3 Å². The number of rotatable bonds is 6. The molecule has 0 radical (unpaired) electrons. The van der Waals surface area contributed by atoms with Gasteiger partial charge < -0.3 is 15.3 Å². The third kappa shape index (κ3) is 3.81. The second kappa shape index (κ2) is 8.34. The normalized spacial score (nSPS) is 27.0. The van der Waals surface area contributed by atoms with Crippen molar-refractivity contribution in [2.24, 2.45) is 16.8 Å². The van der Waals surface area contributed by atoms with Crippen LogP contribution in [-0.4, -0.2) is 47.3 Å². The van der Waals surface area contributed by atoms with Gasteiger partial charge in [-0.1, -0.05) is 12.1 Å². The number of hydrogen-bond donors (Lipinski definition) is 2. The molecule has 0 bridgehead atoms. The molecule has 2 aliphatic heterocycles. The van der Waals surface area contributed by atoms with Gasteiger partial charge in [0.1, 0.15) is 5.82 Å². The van der Waals surface area contributed by atoms with Gasteiger partial charge in [0, 0.05) is 30.6 Å². The molecule has 3 atom stereocenters. The maximum Gasteiger partial charge on any atom is 0.261 e. The number of piperidine rings is 1. The van der Waals surface area contributed by atoms with Crippen molar-refractivity contribution in [1.29, 1.82) is 0 Å². The third-order valence-corrected chi connectivity index (χ3v) is 8.69. The molecule has 2 unspecified atom stereocenters. The molecule has 2 N–H and O–H groups in total. The largest absolute Gasteiger partial charge is 0.390 e. The summed E-state index contributed by atoms with van der Waals surface area (Å²) in [6.07, 6.45) is 6.24. The number of aliphatic imine (C=N–C) groups is 1. The van der Waals surface area contributed by atoms with E-state index in [-0.39, 0.29) is 18.6 Å². The van der Waals surface area contributed by atoms with Gasteiger partial charge in [0.15, 0.2) is 0 Å². The monoisotopic (exact) mass is 496 g/mol. The summed E-state index contributed by atoms with van der Waals surface area (Å²) in [5.74, 6) is -3.15. The Bertz CT molecular complexity index is 1280. The first-order valence-electron chi connectivity index (χ1n) is 11.9. The highest BCUT2D eigenvalue weighted by Gasteiger charge is 2.71. The highest BCUT2D eigenvalue weighted by atomic mass is 32.1. The predicted octanol–water partition coefficient (Wildman–Crippen LogP) is 4.10. The van der Waals surface area contributed by atoms with Crippen LogP contribution in [0.1, 0.15) is 45.6 Å². The highest BCUT2D eigenvalue weighted by molar-refractivity contribution is 7.14. The first-order valence-corrected chi connectivity index (χ1v) is 12.8. The topological polar surface area (TPSA) is 77.8 Å². The molecule has 4 heterocycles. The van der Waals surface area contributed by atoms with Crippen LogP contribution in [0.3, 0.4) is 0 Å². The lowest BCUT2D eigenvalue weighted by Crippen LogP contribution is -2.33. The molecule has 6 nitrogen and oxygen atoms in total. The van der Waals surface area contributed by atoms with Crippen molar-refractivity contribution in [2.75, 3.05) is 18.0 Å². The number of anilines is 1. The van der Waals surface area contributed by atoms with Gasteiger partial charge in [0.05, 0.1) is 40.8 Å². The summed E-state index contributed by atoms with van der Waals surface area (Å²) in [7, 11) is 0. The summed E-state index contributed by atoms with van der Waals surface area (Å²) in [5, 5.41) is 13.0. The zero-order chi connectivity index (χ0) is 24.3. The number of pyridine rings is 1. The van der Waals surface area contributed by atoms with Gasteiger partial charge in [0.25, 0.3) is 11.8 Å². The lowest BCUT2D eigenvalue weighted by molar-refractivity contribution is 0.0796. The average molecular weight is 497 g/mol. The van der Waals surface area contributed by atoms with E-state index >= 15 is 0 Å². The Morgan fingerprint density at radius 3 is 2.83 bits per heavy atom. The number of carbonyl (C=O) groups is 1. The molecular weight excluding hydrogens is 470 g/mol. The minimum absolute atomic E-state index is 0.0638. The number of halogens is 2. The van der Waals surface area contributed by atoms with E-state index in [9.17, 15) is 18.7 Å². The van der Waals surface area contributed by atoms with Crippen molar-refractivity contribution in [3.63, 3.8) is 0 Å². The van der Waals surface area contributed by atoms with Gasteiger partial charge in [-0.2, -0.15) is 0 Å².